The van der Waals surface area contributed by atoms with Crippen molar-refractivity contribution in [3.63, 3.8) is 0 Å². The van der Waals surface area contributed by atoms with E-state index >= 15 is 0 Å². The predicted molar refractivity (Wildman–Crippen MR) is 103 cm³/mol. The van der Waals surface area contributed by atoms with Gasteiger partial charge in [-0.25, -0.2) is 8.42 Å². The smallest absolute Gasteiger partial charge is 0.264 e. The lowest BCUT2D eigenvalue weighted by atomic mass is 10.1. The summed E-state index contributed by atoms with van der Waals surface area (Å²) in [5.41, 5.74) is 4.23. The Morgan fingerprint density at radius 3 is 2.25 bits per heavy atom. The molecule has 24 heavy (non-hydrogen) atoms. The van der Waals surface area contributed by atoms with Gasteiger partial charge in [-0.05, 0) is 55.7 Å². The fourth-order valence-corrected chi connectivity index (χ4v) is 6.04. The largest absolute Gasteiger partial charge is 0.371 e. The van der Waals surface area contributed by atoms with Crippen molar-refractivity contribution in [3.05, 3.63) is 51.5 Å². The van der Waals surface area contributed by atoms with Gasteiger partial charge in [0, 0.05) is 18.1 Å². The molecule has 0 atom stereocenters. The summed E-state index contributed by atoms with van der Waals surface area (Å²) in [5.74, 6) is 0. The van der Waals surface area contributed by atoms with Crippen molar-refractivity contribution >= 4 is 37.3 Å². The third-order valence-electron chi connectivity index (χ3n) is 4.49. The van der Waals surface area contributed by atoms with Crippen molar-refractivity contribution in [2.45, 2.75) is 25.7 Å². The predicted octanol–water partition coefficient (Wildman–Crippen LogP) is 4.02. The van der Waals surface area contributed by atoms with Gasteiger partial charge < -0.3 is 4.90 Å². The highest BCUT2D eigenvalue weighted by molar-refractivity contribution is 9.10. The Labute approximate surface area is 152 Å². The van der Waals surface area contributed by atoms with Gasteiger partial charge >= 0.3 is 0 Å². The number of halogens is 1. The van der Waals surface area contributed by atoms with Gasteiger partial charge in [0.15, 0.2) is 0 Å². The van der Waals surface area contributed by atoms with Crippen molar-refractivity contribution in [2.24, 2.45) is 0 Å². The number of likely N-dealkylation sites (N-methyl/N-ethyl adjacent to an activating group) is 1. The maximum absolute atomic E-state index is 13.5. The molecule has 3 rings (SSSR count). The molecule has 0 aromatic heterocycles. The molecule has 2 aromatic rings. The first-order valence-electron chi connectivity index (χ1n) is 7.83. The van der Waals surface area contributed by atoms with E-state index in [4.69, 9.17) is 0 Å². The molecule has 2 aromatic carbocycles. The molecule has 0 N–H and O–H groups in total. The highest BCUT2D eigenvalue weighted by Gasteiger charge is 2.33. The molecule has 0 unspecified atom stereocenters. The minimum absolute atomic E-state index is 0.407. The molecular formula is C18H21BrN2O2S. The Morgan fingerprint density at radius 2 is 1.62 bits per heavy atom. The number of benzene rings is 2. The summed E-state index contributed by atoms with van der Waals surface area (Å²) in [5, 5.41) is 0. The van der Waals surface area contributed by atoms with Gasteiger partial charge in [-0.1, -0.05) is 28.1 Å². The first-order chi connectivity index (χ1) is 11.2. The molecule has 4 nitrogen and oxygen atoms in total. The zero-order valence-electron chi connectivity index (χ0n) is 14.3. The number of hydrogen-bond acceptors (Lipinski definition) is 3. The number of para-hydroxylation sites is 1. The average Bonchev–Trinajstić information content (AvgIpc) is 2.46. The van der Waals surface area contributed by atoms with Crippen LogP contribution >= 0.6 is 15.9 Å². The fourth-order valence-electron chi connectivity index (χ4n) is 3.40. The lowest BCUT2D eigenvalue weighted by molar-refractivity contribution is 0.587. The van der Waals surface area contributed by atoms with Crippen LogP contribution in [0.4, 0.5) is 11.4 Å². The van der Waals surface area contributed by atoms with Gasteiger partial charge in [-0.2, -0.15) is 0 Å². The standard InChI is InChI=1S/C18H21BrN2O2S/c1-12-6-5-7-16-17(12)21(9-8-20(16)4)24(22,23)18-13(2)10-15(19)11-14(18)3/h5-7,10-11H,8-9H2,1-4H3. The van der Waals surface area contributed by atoms with Crippen LogP contribution in [0.15, 0.2) is 39.7 Å². The van der Waals surface area contributed by atoms with Gasteiger partial charge in [0.25, 0.3) is 10.0 Å². The molecule has 0 fully saturated rings. The van der Waals surface area contributed by atoms with Crippen molar-refractivity contribution in [1.29, 1.82) is 0 Å². The third kappa shape index (κ3) is 2.71. The second kappa shape index (κ2) is 6.08. The van der Waals surface area contributed by atoms with Crippen LogP contribution in [0.1, 0.15) is 16.7 Å². The van der Waals surface area contributed by atoms with Crippen LogP contribution in [0, 0.1) is 20.8 Å². The minimum Gasteiger partial charge on any atom is -0.371 e. The quantitative estimate of drug-likeness (QED) is 0.753. The first-order valence-corrected chi connectivity index (χ1v) is 10.1. The van der Waals surface area contributed by atoms with Crippen LogP contribution in [0.25, 0.3) is 0 Å². The monoisotopic (exact) mass is 408 g/mol. The Bertz CT molecular complexity index is 886. The highest BCUT2D eigenvalue weighted by atomic mass is 79.9. The summed E-state index contributed by atoms with van der Waals surface area (Å²) in [4.78, 5) is 2.51. The molecule has 0 saturated heterocycles. The molecule has 1 aliphatic rings. The van der Waals surface area contributed by atoms with Crippen LogP contribution in [0.2, 0.25) is 0 Å². The van der Waals surface area contributed by atoms with Gasteiger partial charge in [-0.15, -0.1) is 0 Å². The van der Waals surface area contributed by atoms with Crippen LogP contribution in [0.5, 0.6) is 0 Å². The normalized spacial score (nSPS) is 14.7. The van der Waals surface area contributed by atoms with Crippen LogP contribution < -0.4 is 9.21 Å². The Balaban J connectivity index is 2.22. The number of anilines is 2. The molecule has 6 heteroatoms. The maximum Gasteiger partial charge on any atom is 0.264 e. The van der Waals surface area contributed by atoms with Gasteiger partial charge in [0.1, 0.15) is 0 Å². The second-order valence-electron chi connectivity index (χ2n) is 6.31. The summed E-state index contributed by atoms with van der Waals surface area (Å²) >= 11 is 3.44. The zero-order chi connectivity index (χ0) is 17.6. The van der Waals surface area contributed by atoms with Crippen molar-refractivity contribution < 1.29 is 8.42 Å². The number of sulfonamides is 1. The summed E-state index contributed by atoms with van der Waals surface area (Å²) < 4.78 is 29.4. The molecule has 0 saturated carbocycles. The maximum atomic E-state index is 13.5. The van der Waals surface area contributed by atoms with Gasteiger partial charge in [0.2, 0.25) is 0 Å². The molecule has 0 bridgehead atoms. The average molecular weight is 409 g/mol. The van der Waals surface area contributed by atoms with E-state index in [-0.39, 0.29) is 0 Å². The van der Waals surface area contributed by atoms with E-state index in [0.29, 0.717) is 18.0 Å². The highest BCUT2D eigenvalue weighted by Crippen LogP contribution is 2.39. The summed E-state index contributed by atoms with van der Waals surface area (Å²) in [7, 11) is -1.62. The zero-order valence-corrected chi connectivity index (χ0v) is 16.7. The minimum atomic E-state index is -3.61. The first kappa shape index (κ1) is 17.3. The molecular weight excluding hydrogens is 388 g/mol. The third-order valence-corrected chi connectivity index (χ3v) is 7.05. The number of fused-ring (bicyclic) bond motifs is 1. The number of aryl methyl sites for hydroxylation is 3. The van der Waals surface area contributed by atoms with Crippen LogP contribution in [-0.4, -0.2) is 28.6 Å². The van der Waals surface area contributed by atoms with Gasteiger partial charge in [-0.3, -0.25) is 4.31 Å². The van der Waals surface area contributed by atoms with E-state index in [0.717, 1.165) is 32.5 Å². The second-order valence-corrected chi connectivity index (χ2v) is 9.02. The number of nitrogens with zero attached hydrogens (tertiary/aromatic N) is 2. The topological polar surface area (TPSA) is 40.6 Å². The molecule has 0 amide bonds. The van der Waals surface area contributed by atoms with E-state index in [1.54, 1.807) is 4.31 Å². The van der Waals surface area contributed by atoms with Crippen molar-refractivity contribution in [1.82, 2.24) is 0 Å². The molecule has 0 radical (unpaired) electrons. The SMILES string of the molecule is Cc1cccc2c1N(S(=O)(=O)c1c(C)cc(Br)cc1C)CCN2C. The van der Waals surface area contributed by atoms with E-state index in [1.807, 2.05) is 58.2 Å². The fraction of sp³-hybridized carbons (Fsp3) is 0.333. The van der Waals surface area contributed by atoms with E-state index < -0.39 is 10.0 Å². The van der Waals surface area contributed by atoms with E-state index in [1.165, 1.54) is 0 Å². The summed E-state index contributed by atoms with van der Waals surface area (Å²) in [6, 6.07) is 9.62. The van der Waals surface area contributed by atoms with E-state index in [9.17, 15) is 8.42 Å². The van der Waals surface area contributed by atoms with Crippen molar-refractivity contribution in [3.8, 4) is 0 Å². The van der Waals surface area contributed by atoms with Crippen molar-refractivity contribution in [2.75, 3.05) is 29.3 Å². The molecule has 0 spiro atoms. The number of rotatable bonds is 2. The Morgan fingerprint density at radius 1 is 1.00 bits per heavy atom. The van der Waals surface area contributed by atoms with Crippen LogP contribution in [-0.2, 0) is 10.0 Å². The lowest BCUT2D eigenvalue weighted by Gasteiger charge is -2.37. The molecule has 1 aliphatic heterocycles. The molecule has 128 valence electrons. The molecule has 0 aliphatic carbocycles. The number of hydrogen-bond donors (Lipinski definition) is 0. The van der Waals surface area contributed by atoms with E-state index in [2.05, 4.69) is 20.8 Å². The van der Waals surface area contributed by atoms with Gasteiger partial charge in [0.05, 0.1) is 22.8 Å². The lowest BCUT2D eigenvalue weighted by Crippen LogP contribution is -2.43. The summed E-state index contributed by atoms with van der Waals surface area (Å²) in [6.45, 7) is 6.77. The summed E-state index contributed by atoms with van der Waals surface area (Å²) in [6.07, 6.45) is 0. The Kier molecular flexibility index (Phi) is 4.38. The van der Waals surface area contributed by atoms with Crippen LogP contribution in [0.3, 0.4) is 0 Å². The Hall–Kier alpha value is -1.53. The molecule has 1 heterocycles.